The second-order valence-corrected chi connectivity index (χ2v) is 2.84. The molecule has 1 aliphatic heterocycles. The highest BCUT2D eigenvalue weighted by molar-refractivity contribution is 6.02. The van der Waals surface area contributed by atoms with Crippen LogP contribution >= 0.6 is 0 Å². The molecule has 1 atom stereocenters. The molecule has 1 unspecified atom stereocenters. The van der Waals surface area contributed by atoms with Gasteiger partial charge >= 0.3 is 0 Å². The van der Waals surface area contributed by atoms with E-state index in [4.69, 9.17) is 4.42 Å². The average Bonchev–Trinajstić information content (AvgIpc) is 2.34. The molecule has 0 saturated carbocycles. The zero-order valence-electron chi connectivity index (χ0n) is 6.26. The molecule has 0 aromatic carbocycles. The molecule has 2 heterocycles. The minimum Gasteiger partial charge on any atom is -0.448 e. The Bertz CT molecular complexity index is 290. The first-order valence-corrected chi connectivity index (χ1v) is 3.64. The molecule has 0 bridgehead atoms. The third kappa shape index (κ3) is 0.926. The molecule has 0 saturated heterocycles. The van der Waals surface area contributed by atoms with Gasteiger partial charge in [0, 0.05) is 12.5 Å². The number of ketones is 1. The van der Waals surface area contributed by atoms with Crippen molar-refractivity contribution in [1.29, 1.82) is 0 Å². The van der Waals surface area contributed by atoms with Gasteiger partial charge in [0.15, 0.2) is 5.78 Å². The fraction of sp³-hybridized carbons (Fsp3) is 0.375. The molecule has 3 nitrogen and oxygen atoms in total. The van der Waals surface area contributed by atoms with Crippen LogP contribution in [0.15, 0.2) is 16.7 Å². The van der Waals surface area contributed by atoms with E-state index in [9.17, 15) is 4.79 Å². The summed E-state index contributed by atoms with van der Waals surface area (Å²) >= 11 is 0. The summed E-state index contributed by atoms with van der Waals surface area (Å²) in [5, 5.41) is 3.08. The third-order valence-electron chi connectivity index (χ3n) is 1.83. The van der Waals surface area contributed by atoms with Crippen molar-refractivity contribution in [1.82, 2.24) is 0 Å². The van der Waals surface area contributed by atoms with E-state index in [1.165, 1.54) is 6.26 Å². The maximum absolute atomic E-state index is 11.3. The van der Waals surface area contributed by atoms with E-state index >= 15 is 0 Å². The largest absolute Gasteiger partial charge is 0.448 e. The second kappa shape index (κ2) is 2.12. The maximum Gasteiger partial charge on any atom is 0.203 e. The van der Waals surface area contributed by atoms with Gasteiger partial charge in [0.25, 0.3) is 0 Å². The van der Waals surface area contributed by atoms with Crippen LogP contribution in [0.1, 0.15) is 23.7 Å². The van der Waals surface area contributed by atoms with Gasteiger partial charge in [-0.2, -0.15) is 0 Å². The number of fused-ring (bicyclic) bond motifs is 1. The number of nitrogens with one attached hydrogen (secondary N) is 1. The summed E-state index contributed by atoms with van der Waals surface area (Å²) in [5.41, 5.74) is 0.683. The van der Waals surface area contributed by atoms with Crippen LogP contribution in [-0.2, 0) is 0 Å². The second-order valence-electron chi connectivity index (χ2n) is 2.84. The average molecular weight is 151 g/mol. The van der Waals surface area contributed by atoms with Crippen molar-refractivity contribution < 1.29 is 9.21 Å². The lowest BCUT2D eigenvalue weighted by atomic mass is 10.0. The zero-order chi connectivity index (χ0) is 7.84. The summed E-state index contributed by atoms with van der Waals surface area (Å²) in [6, 6.07) is 1.90. The highest BCUT2D eigenvalue weighted by Gasteiger charge is 2.23. The molecule has 11 heavy (non-hydrogen) atoms. The van der Waals surface area contributed by atoms with Gasteiger partial charge in [-0.25, -0.2) is 0 Å². The maximum atomic E-state index is 11.3. The number of carbonyl (C=O) groups excluding carboxylic acids is 1. The quantitative estimate of drug-likeness (QED) is 0.613. The summed E-state index contributed by atoms with van der Waals surface area (Å²) in [6.07, 6.45) is 2.10. The number of hydrogen-bond donors (Lipinski definition) is 1. The van der Waals surface area contributed by atoms with Crippen LogP contribution in [0.4, 0.5) is 5.88 Å². The Balaban J connectivity index is 2.44. The van der Waals surface area contributed by atoms with E-state index in [1.807, 2.05) is 6.92 Å². The van der Waals surface area contributed by atoms with Crippen molar-refractivity contribution in [2.24, 2.45) is 0 Å². The Labute approximate surface area is 64.4 Å². The Kier molecular flexibility index (Phi) is 1.24. The van der Waals surface area contributed by atoms with Crippen LogP contribution in [-0.4, -0.2) is 11.8 Å². The molecular weight excluding hydrogens is 142 g/mol. The van der Waals surface area contributed by atoms with Crippen molar-refractivity contribution >= 4 is 11.7 Å². The first kappa shape index (κ1) is 6.46. The summed E-state index contributed by atoms with van der Waals surface area (Å²) in [6.45, 7) is 1.96. The van der Waals surface area contributed by atoms with Crippen molar-refractivity contribution in [2.75, 3.05) is 5.32 Å². The van der Waals surface area contributed by atoms with Crippen LogP contribution < -0.4 is 5.32 Å². The van der Waals surface area contributed by atoms with Crippen molar-refractivity contribution in [3.05, 3.63) is 17.9 Å². The summed E-state index contributed by atoms with van der Waals surface area (Å²) < 4.78 is 5.06. The molecule has 0 radical (unpaired) electrons. The minimum absolute atomic E-state index is 0.167. The van der Waals surface area contributed by atoms with E-state index in [-0.39, 0.29) is 11.8 Å². The Morgan fingerprint density at radius 2 is 2.55 bits per heavy atom. The number of carbonyl (C=O) groups is 1. The molecule has 1 aliphatic rings. The lowest BCUT2D eigenvalue weighted by Crippen LogP contribution is -2.25. The number of furan rings is 1. The number of rotatable bonds is 0. The van der Waals surface area contributed by atoms with Gasteiger partial charge < -0.3 is 9.73 Å². The van der Waals surface area contributed by atoms with Crippen LogP contribution in [0, 0.1) is 0 Å². The first-order valence-electron chi connectivity index (χ1n) is 3.64. The first-order chi connectivity index (χ1) is 5.27. The van der Waals surface area contributed by atoms with Crippen molar-refractivity contribution in [2.45, 2.75) is 19.4 Å². The van der Waals surface area contributed by atoms with E-state index in [2.05, 4.69) is 5.32 Å². The molecule has 3 heteroatoms. The van der Waals surface area contributed by atoms with Gasteiger partial charge in [0.2, 0.25) is 5.88 Å². The number of anilines is 1. The van der Waals surface area contributed by atoms with Crippen LogP contribution in [0.2, 0.25) is 0 Å². The van der Waals surface area contributed by atoms with E-state index in [0.29, 0.717) is 17.9 Å². The fourth-order valence-electron chi connectivity index (χ4n) is 1.30. The summed E-state index contributed by atoms with van der Waals surface area (Å²) in [4.78, 5) is 11.3. The van der Waals surface area contributed by atoms with Crippen LogP contribution in [0.25, 0.3) is 0 Å². The van der Waals surface area contributed by atoms with Crippen molar-refractivity contribution in [3.8, 4) is 0 Å². The van der Waals surface area contributed by atoms with Gasteiger partial charge in [-0.3, -0.25) is 4.79 Å². The smallest absolute Gasteiger partial charge is 0.203 e. The fourth-order valence-corrected chi connectivity index (χ4v) is 1.30. The van der Waals surface area contributed by atoms with E-state index in [0.717, 1.165) is 0 Å². The molecule has 0 fully saturated rings. The molecule has 2 rings (SSSR count). The highest BCUT2D eigenvalue weighted by atomic mass is 16.3. The summed E-state index contributed by atoms with van der Waals surface area (Å²) in [7, 11) is 0. The van der Waals surface area contributed by atoms with Gasteiger partial charge in [-0.15, -0.1) is 0 Å². The lowest BCUT2D eigenvalue weighted by molar-refractivity contribution is 0.0973. The van der Waals surface area contributed by atoms with Gasteiger partial charge in [-0.1, -0.05) is 0 Å². The predicted octanol–water partition coefficient (Wildman–Crippen LogP) is 1.67. The Hall–Kier alpha value is -1.25. The molecule has 0 amide bonds. The summed E-state index contributed by atoms with van der Waals surface area (Å²) in [5.74, 6) is 0.786. The number of Topliss-reactive ketones (excluding diaryl/α,β-unsaturated/α-hetero) is 1. The SMILES string of the molecule is CC1CC(=O)c2ccoc2N1. The van der Waals surface area contributed by atoms with Gasteiger partial charge in [0.1, 0.15) is 0 Å². The molecular formula is C8H9NO2. The molecule has 58 valence electrons. The monoisotopic (exact) mass is 151 g/mol. The standard InChI is InChI=1S/C8H9NO2/c1-5-4-7(10)6-2-3-11-8(6)9-5/h2-3,5,9H,4H2,1H3. The van der Waals surface area contributed by atoms with Gasteiger partial charge in [-0.05, 0) is 13.0 Å². The van der Waals surface area contributed by atoms with E-state index < -0.39 is 0 Å². The van der Waals surface area contributed by atoms with Crippen LogP contribution in [0.5, 0.6) is 0 Å². The third-order valence-corrected chi connectivity index (χ3v) is 1.83. The molecule has 0 aliphatic carbocycles. The topological polar surface area (TPSA) is 42.2 Å². The van der Waals surface area contributed by atoms with Crippen molar-refractivity contribution in [3.63, 3.8) is 0 Å². The van der Waals surface area contributed by atoms with Crippen LogP contribution in [0.3, 0.4) is 0 Å². The van der Waals surface area contributed by atoms with Gasteiger partial charge in [0.05, 0.1) is 11.8 Å². The lowest BCUT2D eigenvalue weighted by Gasteiger charge is -2.17. The normalized spacial score (nSPS) is 22.6. The Morgan fingerprint density at radius 3 is 3.36 bits per heavy atom. The highest BCUT2D eigenvalue weighted by Crippen LogP contribution is 2.24. The molecule has 1 N–H and O–H groups in total. The zero-order valence-corrected chi connectivity index (χ0v) is 6.26. The predicted molar refractivity (Wildman–Crippen MR) is 40.7 cm³/mol. The van der Waals surface area contributed by atoms with E-state index in [1.54, 1.807) is 6.07 Å². The molecule has 0 spiro atoms. The minimum atomic E-state index is 0.167. The molecule has 1 aromatic rings. The number of hydrogen-bond acceptors (Lipinski definition) is 3. The Morgan fingerprint density at radius 1 is 1.73 bits per heavy atom. The molecule has 1 aromatic heterocycles.